The van der Waals surface area contributed by atoms with Gasteiger partial charge in [-0.05, 0) is 28.4 Å². The molecular weight excluding hydrogens is 367 g/mol. The molecule has 1 N–H and O–H groups in total. The number of nitrogens with zero attached hydrogens (tertiary/aromatic N) is 3. The summed E-state index contributed by atoms with van der Waals surface area (Å²) in [5, 5.41) is 2.85. The zero-order valence-electron chi connectivity index (χ0n) is 10.5. The number of nitrogens with one attached hydrogen (secondary N) is 1. The zero-order chi connectivity index (χ0) is 14.7. The molecule has 0 aliphatic heterocycles. The maximum absolute atomic E-state index is 12.3. The van der Waals surface area contributed by atoms with Gasteiger partial charge in [-0.1, -0.05) is 30.1 Å². The van der Waals surface area contributed by atoms with Crippen LogP contribution in [0.2, 0.25) is 10.2 Å². The fourth-order valence-corrected chi connectivity index (χ4v) is 2.44. The Morgan fingerprint density at radius 1 is 1.45 bits per heavy atom. The van der Waals surface area contributed by atoms with Crippen LogP contribution in [0, 0.1) is 0 Å². The lowest BCUT2D eigenvalue weighted by atomic mass is 10.3. The molecule has 106 valence electrons. The maximum Gasteiger partial charge on any atom is 0.273 e. The monoisotopic (exact) mass is 376 g/mol. The molecule has 20 heavy (non-hydrogen) atoms. The minimum absolute atomic E-state index is 0.0992. The fraction of sp³-hybridized carbons (Fsp3) is 0.250. The highest BCUT2D eigenvalue weighted by atomic mass is 79.9. The second kappa shape index (κ2) is 6.56. The van der Waals surface area contributed by atoms with Crippen LogP contribution in [-0.4, -0.2) is 20.4 Å². The highest BCUT2D eigenvalue weighted by Gasteiger charge is 2.16. The van der Waals surface area contributed by atoms with Crippen molar-refractivity contribution >= 4 is 50.9 Å². The summed E-state index contributed by atoms with van der Waals surface area (Å²) in [6.07, 6.45) is 4.01. The van der Waals surface area contributed by atoms with Gasteiger partial charge in [0.05, 0.1) is 0 Å². The van der Waals surface area contributed by atoms with Gasteiger partial charge in [0.25, 0.3) is 5.91 Å². The molecule has 0 radical (unpaired) electrons. The molecule has 0 saturated carbocycles. The van der Waals surface area contributed by atoms with Crippen LogP contribution >= 0.6 is 39.1 Å². The Balaban J connectivity index is 2.26. The number of carbonyl (C=O) groups is 1. The van der Waals surface area contributed by atoms with E-state index in [-0.39, 0.29) is 21.9 Å². The molecule has 1 amide bonds. The molecule has 2 aromatic heterocycles. The third-order valence-corrected chi connectivity index (χ3v) is 3.71. The van der Waals surface area contributed by atoms with Crippen LogP contribution in [-0.2, 0) is 6.54 Å². The normalized spacial score (nSPS) is 10.6. The zero-order valence-corrected chi connectivity index (χ0v) is 13.6. The van der Waals surface area contributed by atoms with Gasteiger partial charge < -0.3 is 9.88 Å². The van der Waals surface area contributed by atoms with Crippen LogP contribution in [0.5, 0.6) is 0 Å². The van der Waals surface area contributed by atoms with Crippen molar-refractivity contribution < 1.29 is 4.79 Å². The number of aromatic nitrogens is 3. The van der Waals surface area contributed by atoms with Crippen molar-refractivity contribution in [1.29, 1.82) is 0 Å². The molecule has 0 aromatic carbocycles. The van der Waals surface area contributed by atoms with Crippen LogP contribution < -0.4 is 5.32 Å². The summed E-state index contributed by atoms with van der Waals surface area (Å²) in [6.45, 7) is 2.78. The van der Waals surface area contributed by atoms with Crippen LogP contribution in [0.1, 0.15) is 23.8 Å². The van der Waals surface area contributed by atoms with E-state index >= 15 is 0 Å². The summed E-state index contributed by atoms with van der Waals surface area (Å²) in [5.41, 5.74) is 0.518. The lowest BCUT2D eigenvalue weighted by Gasteiger charge is -2.09. The van der Waals surface area contributed by atoms with Crippen molar-refractivity contribution in [3.8, 4) is 0 Å². The number of amides is 1. The Morgan fingerprint density at radius 2 is 2.20 bits per heavy atom. The molecule has 0 saturated heterocycles. The van der Waals surface area contributed by atoms with Gasteiger partial charge >= 0.3 is 0 Å². The van der Waals surface area contributed by atoms with E-state index in [1.165, 1.54) is 6.33 Å². The summed E-state index contributed by atoms with van der Waals surface area (Å²) in [7, 11) is 0. The van der Waals surface area contributed by atoms with Crippen molar-refractivity contribution in [1.82, 2.24) is 14.5 Å². The van der Waals surface area contributed by atoms with Gasteiger partial charge in [0.2, 0.25) is 0 Å². The molecule has 0 fully saturated rings. The summed E-state index contributed by atoms with van der Waals surface area (Å²) in [4.78, 5) is 19.9. The minimum atomic E-state index is -0.305. The van der Waals surface area contributed by atoms with Crippen molar-refractivity contribution in [3.05, 3.63) is 38.9 Å². The number of hydrogen-bond donors (Lipinski definition) is 1. The van der Waals surface area contributed by atoms with E-state index in [2.05, 4.69) is 31.2 Å². The Labute approximate surface area is 134 Å². The van der Waals surface area contributed by atoms with Gasteiger partial charge in [0.1, 0.15) is 17.0 Å². The number of aryl methyl sites for hydroxylation is 1. The SMILES string of the molecule is CCCn1cc(Br)cc1C(=O)Nc1ncnc(Cl)c1Cl. The third kappa shape index (κ3) is 3.31. The number of rotatable bonds is 4. The largest absolute Gasteiger partial charge is 0.342 e. The molecule has 0 unspecified atom stereocenters. The van der Waals surface area contributed by atoms with E-state index in [0.717, 1.165) is 17.4 Å². The Kier molecular flexibility index (Phi) is 5.01. The third-order valence-electron chi connectivity index (χ3n) is 2.54. The first kappa shape index (κ1) is 15.3. The maximum atomic E-state index is 12.3. The van der Waals surface area contributed by atoms with Crippen molar-refractivity contribution in [2.45, 2.75) is 19.9 Å². The van der Waals surface area contributed by atoms with E-state index in [4.69, 9.17) is 23.2 Å². The van der Waals surface area contributed by atoms with Gasteiger partial charge in [-0.3, -0.25) is 4.79 Å². The molecule has 0 spiro atoms. The van der Waals surface area contributed by atoms with Crippen LogP contribution in [0.3, 0.4) is 0 Å². The number of anilines is 1. The molecule has 0 aliphatic carbocycles. The molecule has 0 bridgehead atoms. The van der Waals surface area contributed by atoms with Crippen LogP contribution in [0.25, 0.3) is 0 Å². The first-order valence-electron chi connectivity index (χ1n) is 5.86. The number of hydrogen-bond acceptors (Lipinski definition) is 3. The van der Waals surface area contributed by atoms with Gasteiger partial charge in [0, 0.05) is 17.2 Å². The molecule has 2 aromatic rings. The van der Waals surface area contributed by atoms with Gasteiger partial charge in [-0.2, -0.15) is 0 Å². The summed E-state index contributed by atoms with van der Waals surface area (Å²) >= 11 is 15.1. The average molecular weight is 378 g/mol. The lowest BCUT2D eigenvalue weighted by molar-refractivity contribution is 0.101. The second-order valence-corrected chi connectivity index (χ2v) is 5.67. The predicted molar refractivity (Wildman–Crippen MR) is 82.4 cm³/mol. The van der Waals surface area contributed by atoms with E-state index in [1.807, 2.05) is 17.7 Å². The lowest BCUT2D eigenvalue weighted by Crippen LogP contribution is -2.18. The summed E-state index contributed by atoms with van der Waals surface area (Å²) < 4.78 is 2.69. The summed E-state index contributed by atoms with van der Waals surface area (Å²) in [6, 6.07) is 1.74. The molecule has 2 rings (SSSR count). The van der Waals surface area contributed by atoms with Gasteiger partial charge in [-0.25, -0.2) is 9.97 Å². The highest BCUT2D eigenvalue weighted by molar-refractivity contribution is 9.10. The molecule has 5 nitrogen and oxygen atoms in total. The molecule has 0 aliphatic rings. The number of halogens is 3. The van der Waals surface area contributed by atoms with Crippen LogP contribution in [0.15, 0.2) is 23.1 Å². The first-order valence-corrected chi connectivity index (χ1v) is 7.40. The van der Waals surface area contributed by atoms with E-state index < -0.39 is 0 Å². The first-order chi connectivity index (χ1) is 9.52. The summed E-state index contributed by atoms with van der Waals surface area (Å²) in [5.74, 6) is -0.113. The Bertz CT molecular complexity index is 644. The topological polar surface area (TPSA) is 59.8 Å². The molecule has 0 atom stereocenters. The molecule has 2 heterocycles. The van der Waals surface area contributed by atoms with E-state index in [1.54, 1.807) is 6.07 Å². The van der Waals surface area contributed by atoms with Gasteiger partial charge in [-0.15, -0.1) is 0 Å². The minimum Gasteiger partial charge on any atom is -0.342 e. The molecule has 8 heteroatoms. The van der Waals surface area contributed by atoms with Crippen molar-refractivity contribution in [2.75, 3.05) is 5.32 Å². The van der Waals surface area contributed by atoms with Crippen molar-refractivity contribution in [2.24, 2.45) is 0 Å². The van der Waals surface area contributed by atoms with E-state index in [0.29, 0.717) is 5.69 Å². The number of carbonyl (C=O) groups excluding carboxylic acids is 1. The smallest absolute Gasteiger partial charge is 0.273 e. The molecular formula is C12H11BrCl2N4O. The van der Waals surface area contributed by atoms with Gasteiger partial charge in [0.15, 0.2) is 11.0 Å². The average Bonchev–Trinajstić information content (AvgIpc) is 2.76. The standard InChI is InChI=1S/C12H11BrCl2N4O/c1-2-3-19-5-7(13)4-8(19)12(20)18-11-9(14)10(15)16-6-17-11/h4-6H,2-3H2,1H3,(H,16,17,18,20). The Hall–Kier alpha value is -1.11. The Morgan fingerprint density at radius 3 is 2.90 bits per heavy atom. The van der Waals surface area contributed by atoms with Crippen molar-refractivity contribution in [3.63, 3.8) is 0 Å². The van der Waals surface area contributed by atoms with E-state index in [9.17, 15) is 4.79 Å². The quantitative estimate of drug-likeness (QED) is 0.819. The predicted octanol–water partition coefficient (Wildman–Crippen LogP) is 4.01. The van der Waals surface area contributed by atoms with Crippen LogP contribution in [0.4, 0.5) is 5.82 Å². The fourth-order valence-electron chi connectivity index (χ4n) is 1.70. The highest BCUT2D eigenvalue weighted by Crippen LogP contribution is 2.26. The second-order valence-electron chi connectivity index (χ2n) is 4.02.